The Bertz CT molecular complexity index is 378. The molecule has 2 aromatic rings. The van der Waals surface area contributed by atoms with Crippen LogP contribution in [0.15, 0.2) is 48.9 Å². The van der Waals surface area contributed by atoms with Crippen molar-refractivity contribution in [1.82, 2.24) is 9.97 Å². The molecule has 2 heteroatoms. The van der Waals surface area contributed by atoms with Crippen molar-refractivity contribution >= 4 is 0 Å². The molecule has 0 amide bonds. The molecule has 0 aromatic carbocycles. The molecule has 0 spiro atoms. The van der Waals surface area contributed by atoms with Crippen molar-refractivity contribution < 1.29 is 0 Å². The zero-order valence-electron chi connectivity index (χ0n) is 11.7. The number of hydrogen-bond donors (Lipinski definition) is 0. The maximum atomic E-state index is 4.18. The van der Waals surface area contributed by atoms with Gasteiger partial charge in [-0.05, 0) is 41.7 Å². The van der Waals surface area contributed by atoms with Crippen molar-refractivity contribution in [3.8, 4) is 0 Å². The van der Waals surface area contributed by atoms with Gasteiger partial charge in [0, 0.05) is 24.3 Å². The third-order valence-electron chi connectivity index (χ3n) is 2.65. The van der Waals surface area contributed by atoms with E-state index in [1.54, 1.807) is 0 Å². The summed E-state index contributed by atoms with van der Waals surface area (Å²) >= 11 is 0. The van der Waals surface area contributed by atoms with Gasteiger partial charge in [-0.25, -0.2) is 0 Å². The number of pyridine rings is 2. The van der Waals surface area contributed by atoms with Crippen LogP contribution in [0.4, 0.5) is 0 Å². The van der Waals surface area contributed by atoms with E-state index in [1.807, 2.05) is 48.9 Å². The van der Waals surface area contributed by atoms with Crippen molar-refractivity contribution in [1.29, 1.82) is 0 Å². The van der Waals surface area contributed by atoms with Crippen LogP contribution in [0.5, 0.6) is 0 Å². The molecule has 0 saturated heterocycles. The van der Waals surface area contributed by atoms with E-state index in [2.05, 4.69) is 37.7 Å². The maximum absolute atomic E-state index is 4.18. The summed E-state index contributed by atoms with van der Waals surface area (Å²) in [5.74, 6) is 1.17. The van der Waals surface area contributed by atoms with Crippen molar-refractivity contribution in [3.05, 3.63) is 60.2 Å². The van der Waals surface area contributed by atoms with E-state index in [0.717, 1.165) is 5.69 Å². The lowest BCUT2D eigenvalue weighted by Gasteiger charge is -2.01. The average Bonchev–Trinajstić information content (AvgIpc) is 2.41. The van der Waals surface area contributed by atoms with Crippen LogP contribution < -0.4 is 0 Å². The summed E-state index contributed by atoms with van der Waals surface area (Å²) in [6.07, 6.45) is 5.49. The molecule has 0 bridgehead atoms. The number of hydrogen-bond acceptors (Lipinski definition) is 2. The van der Waals surface area contributed by atoms with Gasteiger partial charge < -0.3 is 0 Å². The Labute approximate surface area is 110 Å². The summed E-state index contributed by atoms with van der Waals surface area (Å²) in [4.78, 5) is 8.11. The predicted molar refractivity (Wildman–Crippen MR) is 76.7 cm³/mol. The Balaban J connectivity index is 0.000000180. The minimum Gasteiger partial charge on any atom is -0.265 e. The SMILES string of the molecule is CC(C)c1ccccn1.CC(C)c1ccncc1. The van der Waals surface area contributed by atoms with Crippen LogP contribution in [0.25, 0.3) is 0 Å². The summed E-state index contributed by atoms with van der Waals surface area (Å²) in [7, 11) is 0. The number of nitrogens with zero attached hydrogens (tertiary/aromatic N) is 2. The molecule has 2 aromatic heterocycles. The highest BCUT2D eigenvalue weighted by Crippen LogP contribution is 2.10. The fraction of sp³-hybridized carbons (Fsp3) is 0.375. The van der Waals surface area contributed by atoms with Crippen LogP contribution in [0.3, 0.4) is 0 Å². The smallest absolute Gasteiger partial charge is 0.0428 e. The van der Waals surface area contributed by atoms with E-state index in [-0.39, 0.29) is 0 Å². The third kappa shape index (κ3) is 5.09. The second kappa shape index (κ2) is 7.59. The monoisotopic (exact) mass is 242 g/mol. The highest BCUT2D eigenvalue weighted by atomic mass is 14.7. The van der Waals surface area contributed by atoms with Crippen LogP contribution >= 0.6 is 0 Å². The second-order valence-electron chi connectivity index (χ2n) is 4.84. The molecule has 0 radical (unpaired) electrons. The van der Waals surface area contributed by atoms with E-state index in [4.69, 9.17) is 0 Å². The standard InChI is InChI=1S/2C8H11N/c1-7(2)8-3-5-9-6-4-8;1-7(2)8-5-3-4-6-9-8/h2*3-7H,1-2H3. The van der Waals surface area contributed by atoms with Gasteiger partial charge in [0.25, 0.3) is 0 Å². The molecule has 0 atom stereocenters. The third-order valence-corrected chi connectivity index (χ3v) is 2.65. The van der Waals surface area contributed by atoms with Gasteiger partial charge in [-0.2, -0.15) is 0 Å². The van der Waals surface area contributed by atoms with Crippen molar-refractivity contribution in [2.45, 2.75) is 39.5 Å². The second-order valence-corrected chi connectivity index (χ2v) is 4.84. The van der Waals surface area contributed by atoms with Gasteiger partial charge in [-0.3, -0.25) is 9.97 Å². The first kappa shape index (κ1) is 14.4. The summed E-state index contributed by atoms with van der Waals surface area (Å²) in [6.45, 7) is 8.63. The molecule has 2 rings (SSSR count). The van der Waals surface area contributed by atoms with Crippen LogP contribution in [-0.4, -0.2) is 9.97 Å². The summed E-state index contributed by atoms with van der Waals surface area (Å²) in [5.41, 5.74) is 2.52. The first-order chi connectivity index (χ1) is 8.61. The molecule has 18 heavy (non-hydrogen) atoms. The molecule has 0 aliphatic rings. The lowest BCUT2D eigenvalue weighted by atomic mass is 10.1. The van der Waals surface area contributed by atoms with Crippen LogP contribution in [0.1, 0.15) is 50.8 Å². The molecule has 0 aliphatic heterocycles. The molecule has 0 aliphatic carbocycles. The van der Waals surface area contributed by atoms with Gasteiger partial charge in [0.2, 0.25) is 0 Å². The topological polar surface area (TPSA) is 25.8 Å². The molecule has 0 fully saturated rings. The highest BCUT2D eigenvalue weighted by Gasteiger charge is 1.95. The molecule has 2 heterocycles. The Morgan fingerprint density at radius 1 is 0.778 bits per heavy atom. The van der Waals surface area contributed by atoms with Gasteiger partial charge in [-0.15, -0.1) is 0 Å². The minimum absolute atomic E-state index is 0.547. The van der Waals surface area contributed by atoms with Crippen LogP contribution in [0, 0.1) is 0 Å². The predicted octanol–water partition coefficient (Wildman–Crippen LogP) is 4.41. The fourth-order valence-corrected chi connectivity index (χ4v) is 1.47. The minimum atomic E-state index is 0.547. The molecule has 0 saturated carbocycles. The molecular weight excluding hydrogens is 220 g/mol. The Hall–Kier alpha value is -1.70. The molecule has 2 nitrogen and oxygen atoms in total. The summed E-state index contributed by atoms with van der Waals surface area (Å²) in [6, 6.07) is 10.1. The van der Waals surface area contributed by atoms with E-state index in [9.17, 15) is 0 Å². The zero-order chi connectivity index (χ0) is 13.4. The summed E-state index contributed by atoms with van der Waals surface area (Å²) < 4.78 is 0. The van der Waals surface area contributed by atoms with Crippen molar-refractivity contribution in [2.24, 2.45) is 0 Å². The average molecular weight is 242 g/mol. The van der Waals surface area contributed by atoms with Gasteiger partial charge in [-0.1, -0.05) is 33.8 Å². The first-order valence-corrected chi connectivity index (χ1v) is 6.42. The van der Waals surface area contributed by atoms with E-state index in [0.29, 0.717) is 11.8 Å². The van der Waals surface area contributed by atoms with Gasteiger partial charge in [0.15, 0.2) is 0 Å². The Kier molecular flexibility index (Phi) is 6.06. The van der Waals surface area contributed by atoms with Gasteiger partial charge in [0.05, 0.1) is 0 Å². The first-order valence-electron chi connectivity index (χ1n) is 6.42. The maximum Gasteiger partial charge on any atom is 0.0428 e. The Morgan fingerprint density at radius 3 is 1.78 bits per heavy atom. The Morgan fingerprint density at radius 2 is 1.44 bits per heavy atom. The molecular formula is C16H22N2. The van der Waals surface area contributed by atoms with Gasteiger partial charge in [0.1, 0.15) is 0 Å². The fourth-order valence-electron chi connectivity index (χ4n) is 1.47. The van der Waals surface area contributed by atoms with Crippen molar-refractivity contribution in [2.75, 3.05) is 0 Å². The van der Waals surface area contributed by atoms with E-state index in [1.165, 1.54) is 5.56 Å². The van der Waals surface area contributed by atoms with Crippen LogP contribution in [0.2, 0.25) is 0 Å². The largest absolute Gasteiger partial charge is 0.265 e. The summed E-state index contributed by atoms with van der Waals surface area (Å²) in [5, 5.41) is 0. The zero-order valence-corrected chi connectivity index (χ0v) is 11.7. The quantitative estimate of drug-likeness (QED) is 0.779. The highest BCUT2D eigenvalue weighted by molar-refractivity contribution is 5.13. The van der Waals surface area contributed by atoms with E-state index >= 15 is 0 Å². The molecule has 96 valence electrons. The van der Waals surface area contributed by atoms with E-state index < -0.39 is 0 Å². The lowest BCUT2D eigenvalue weighted by molar-refractivity contribution is 0.823. The van der Waals surface area contributed by atoms with Crippen LogP contribution in [-0.2, 0) is 0 Å². The number of rotatable bonds is 2. The normalized spacial score (nSPS) is 10.1. The van der Waals surface area contributed by atoms with Crippen molar-refractivity contribution in [3.63, 3.8) is 0 Å². The number of aromatic nitrogens is 2. The lowest BCUT2D eigenvalue weighted by Crippen LogP contribution is -1.88. The molecule has 0 N–H and O–H groups in total. The molecule has 0 unspecified atom stereocenters. The van der Waals surface area contributed by atoms with Gasteiger partial charge >= 0.3 is 0 Å².